The molecule has 3 aromatic rings. The molecule has 2 aromatic carbocycles. The number of hydrogen-bond acceptors (Lipinski definition) is 2. The molecule has 0 bridgehead atoms. The molecule has 0 radical (unpaired) electrons. The highest BCUT2D eigenvalue weighted by molar-refractivity contribution is 6.31. The normalized spacial score (nSPS) is 10.7. The molecule has 0 atom stereocenters. The van der Waals surface area contributed by atoms with Gasteiger partial charge in [0.05, 0.1) is 11.1 Å². The molecule has 1 heterocycles. The van der Waals surface area contributed by atoms with Crippen molar-refractivity contribution in [1.82, 2.24) is 9.97 Å². The molecule has 1 aromatic heterocycles. The number of aromatic nitrogens is 2. The van der Waals surface area contributed by atoms with Crippen LogP contribution in [0.5, 0.6) is 0 Å². The van der Waals surface area contributed by atoms with Crippen LogP contribution < -0.4 is 0 Å². The van der Waals surface area contributed by atoms with Gasteiger partial charge < -0.3 is 4.98 Å². The van der Waals surface area contributed by atoms with Crippen molar-refractivity contribution in [2.45, 2.75) is 6.42 Å². The van der Waals surface area contributed by atoms with E-state index in [-0.39, 0.29) is 12.2 Å². The fraction of sp³-hybridized carbons (Fsp3) is 0.0667. The van der Waals surface area contributed by atoms with Gasteiger partial charge in [-0.2, -0.15) is 5.26 Å². The van der Waals surface area contributed by atoms with E-state index in [1.54, 1.807) is 24.3 Å². The molecule has 20 heavy (non-hydrogen) atoms. The van der Waals surface area contributed by atoms with E-state index in [1.165, 1.54) is 6.07 Å². The molecule has 0 saturated heterocycles. The van der Waals surface area contributed by atoms with Crippen LogP contribution in [0.1, 0.15) is 17.0 Å². The second-order valence-electron chi connectivity index (χ2n) is 4.37. The van der Waals surface area contributed by atoms with Crippen LogP contribution in [0.15, 0.2) is 36.4 Å². The number of rotatable bonds is 2. The summed E-state index contributed by atoms with van der Waals surface area (Å²) in [6, 6.07) is 12.0. The summed E-state index contributed by atoms with van der Waals surface area (Å²) < 4.78 is 13.8. The maximum Gasteiger partial charge on any atom is 0.128 e. The summed E-state index contributed by atoms with van der Waals surface area (Å²) in [4.78, 5) is 7.44. The second-order valence-corrected chi connectivity index (χ2v) is 4.78. The van der Waals surface area contributed by atoms with Crippen LogP contribution in [-0.4, -0.2) is 9.97 Å². The van der Waals surface area contributed by atoms with Crippen LogP contribution in [0.2, 0.25) is 5.02 Å². The Hall–Kier alpha value is -2.38. The third-order valence-electron chi connectivity index (χ3n) is 3.09. The minimum atomic E-state index is -0.363. The molecule has 0 aliphatic rings. The lowest BCUT2D eigenvalue weighted by molar-refractivity contribution is 0.612. The molecular formula is C15H9ClFN3. The van der Waals surface area contributed by atoms with Gasteiger partial charge >= 0.3 is 0 Å². The van der Waals surface area contributed by atoms with Crippen LogP contribution in [0.25, 0.3) is 11.0 Å². The lowest BCUT2D eigenvalue weighted by Crippen LogP contribution is -1.95. The number of fused-ring (bicyclic) bond motifs is 1. The summed E-state index contributed by atoms with van der Waals surface area (Å²) in [5.74, 6) is 0.216. The van der Waals surface area contributed by atoms with E-state index in [9.17, 15) is 4.39 Å². The van der Waals surface area contributed by atoms with Crippen LogP contribution in [0.3, 0.4) is 0 Å². The number of hydrogen-bond donors (Lipinski definition) is 1. The number of benzene rings is 2. The third-order valence-corrected chi connectivity index (χ3v) is 3.44. The Balaban J connectivity index is 2.06. The van der Waals surface area contributed by atoms with E-state index in [0.29, 0.717) is 27.5 Å². The highest BCUT2D eigenvalue weighted by Crippen LogP contribution is 2.23. The molecule has 0 saturated carbocycles. The number of aromatic amines is 1. The van der Waals surface area contributed by atoms with Gasteiger partial charge in [-0.15, -0.1) is 0 Å². The van der Waals surface area contributed by atoms with Gasteiger partial charge in [0.25, 0.3) is 0 Å². The van der Waals surface area contributed by atoms with Gasteiger partial charge in [0.2, 0.25) is 0 Å². The SMILES string of the molecule is N#Cc1cccc2[nH]c(Cc3c(F)cccc3Cl)nc12. The molecule has 0 amide bonds. The minimum Gasteiger partial charge on any atom is -0.342 e. The summed E-state index contributed by atoms with van der Waals surface area (Å²) in [5.41, 5.74) is 2.24. The lowest BCUT2D eigenvalue weighted by Gasteiger charge is -2.03. The predicted octanol–water partition coefficient (Wildman–Crippen LogP) is 3.82. The van der Waals surface area contributed by atoms with Gasteiger partial charge in [-0.25, -0.2) is 9.37 Å². The van der Waals surface area contributed by atoms with Crippen molar-refractivity contribution in [2.24, 2.45) is 0 Å². The number of para-hydroxylation sites is 1. The van der Waals surface area contributed by atoms with Crippen molar-refractivity contribution in [3.05, 3.63) is 64.2 Å². The zero-order valence-electron chi connectivity index (χ0n) is 10.3. The molecule has 0 fully saturated rings. The molecule has 0 aliphatic carbocycles. The highest BCUT2D eigenvalue weighted by atomic mass is 35.5. The third kappa shape index (κ3) is 2.13. The first-order valence-electron chi connectivity index (χ1n) is 5.99. The van der Waals surface area contributed by atoms with Crippen molar-refractivity contribution >= 4 is 22.6 Å². The van der Waals surface area contributed by atoms with Gasteiger partial charge in [0, 0.05) is 17.0 Å². The molecule has 0 aliphatic heterocycles. The molecule has 1 N–H and O–H groups in total. The van der Waals surface area contributed by atoms with Crippen molar-refractivity contribution in [3.8, 4) is 6.07 Å². The van der Waals surface area contributed by atoms with Crippen molar-refractivity contribution in [3.63, 3.8) is 0 Å². The Labute approximate surface area is 119 Å². The van der Waals surface area contributed by atoms with Gasteiger partial charge in [0.15, 0.2) is 0 Å². The average molecular weight is 286 g/mol. The standard InChI is InChI=1S/C15H9ClFN3/c16-11-4-2-5-12(17)10(11)7-14-19-13-6-1-3-9(8-18)15(13)20-14/h1-6H,7H2,(H,19,20). The zero-order valence-corrected chi connectivity index (χ0v) is 11.1. The van der Waals surface area contributed by atoms with E-state index in [1.807, 2.05) is 6.07 Å². The molecule has 5 heteroatoms. The van der Waals surface area contributed by atoms with Crippen LogP contribution in [-0.2, 0) is 6.42 Å². The zero-order chi connectivity index (χ0) is 14.1. The lowest BCUT2D eigenvalue weighted by atomic mass is 10.1. The summed E-state index contributed by atoms with van der Waals surface area (Å²) in [5, 5.41) is 9.40. The van der Waals surface area contributed by atoms with Crippen LogP contribution >= 0.6 is 11.6 Å². The number of imidazole rings is 1. The molecule has 98 valence electrons. The van der Waals surface area contributed by atoms with Gasteiger partial charge in [0.1, 0.15) is 23.2 Å². The summed E-state index contributed by atoms with van der Waals surface area (Å²) in [6.45, 7) is 0. The Morgan fingerprint density at radius 1 is 1.25 bits per heavy atom. The molecule has 0 spiro atoms. The Morgan fingerprint density at radius 2 is 2.05 bits per heavy atom. The van der Waals surface area contributed by atoms with Gasteiger partial charge in [-0.05, 0) is 24.3 Å². The van der Waals surface area contributed by atoms with Gasteiger partial charge in [-0.3, -0.25) is 0 Å². The molecular weight excluding hydrogens is 277 g/mol. The fourth-order valence-corrected chi connectivity index (χ4v) is 2.36. The summed E-state index contributed by atoms with van der Waals surface area (Å²) in [7, 11) is 0. The quantitative estimate of drug-likeness (QED) is 0.778. The van der Waals surface area contributed by atoms with E-state index >= 15 is 0 Å². The Morgan fingerprint density at radius 3 is 2.80 bits per heavy atom. The van der Waals surface area contributed by atoms with Crippen molar-refractivity contribution in [2.75, 3.05) is 0 Å². The molecule has 3 nitrogen and oxygen atoms in total. The highest BCUT2D eigenvalue weighted by Gasteiger charge is 2.12. The monoisotopic (exact) mass is 285 g/mol. The first-order chi connectivity index (χ1) is 9.69. The minimum absolute atomic E-state index is 0.255. The fourth-order valence-electron chi connectivity index (χ4n) is 2.13. The Kier molecular flexibility index (Phi) is 3.13. The van der Waals surface area contributed by atoms with E-state index in [0.717, 1.165) is 5.52 Å². The number of halogens is 2. The van der Waals surface area contributed by atoms with Crippen molar-refractivity contribution in [1.29, 1.82) is 5.26 Å². The van der Waals surface area contributed by atoms with Crippen LogP contribution in [0, 0.1) is 17.1 Å². The maximum atomic E-state index is 13.8. The summed E-state index contributed by atoms with van der Waals surface area (Å²) in [6.07, 6.45) is 0.255. The topological polar surface area (TPSA) is 52.5 Å². The number of nitrogens with zero attached hydrogens (tertiary/aromatic N) is 2. The second kappa shape index (κ2) is 4.95. The molecule has 3 rings (SSSR count). The average Bonchev–Trinajstić information content (AvgIpc) is 2.85. The predicted molar refractivity (Wildman–Crippen MR) is 75.0 cm³/mol. The first kappa shape index (κ1) is 12.6. The van der Waals surface area contributed by atoms with E-state index < -0.39 is 0 Å². The Bertz CT molecular complexity index is 812. The van der Waals surface area contributed by atoms with Gasteiger partial charge in [-0.1, -0.05) is 23.7 Å². The molecule has 0 unspecified atom stereocenters. The first-order valence-corrected chi connectivity index (χ1v) is 6.37. The number of H-pyrrole nitrogens is 1. The number of nitrogens with one attached hydrogen (secondary N) is 1. The smallest absolute Gasteiger partial charge is 0.128 e. The van der Waals surface area contributed by atoms with Crippen molar-refractivity contribution < 1.29 is 4.39 Å². The largest absolute Gasteiger partial charge is 0.342 e. The maximum absolute atomic E-state index is 13.8. The van der Waals surface area contributed by atoms with E-state index in [4.69, 9.17) is 16.9 Å². The van der Waals surface area contributed by atoms with Crippen LogP contribution in [0.4, 0.5) is 4.39 Å². The van der Waals surface area contributed by atoms with E-state index in [2.05, 4.69) is 16.0 Å². The number of nitriles is 1. The summed E-state index contributed by atoms with van der Waals surface area (Å²) >= 11 is 6.00.